The molecule has 0 saturated heterocycles. The van der Waals surface area contributed by atoms with Crippen LogP contribution in [0.25, 0.3) is 11.3 Å². The van der Waals surface area contributed by atoms with E-state index in [1.54, 1.807) is 6.20 Å². The van der Waals surface area contributed by atoms with E-state index < -0.39 is 11.8 Å². The summed E-state index contributed by atoms with van der Waals surface area (Å²) in [7, 11) is 0. The van der Waals surface area contributed by atoms with Gasteiger partial charge in [-0.3, -0.25) is 14.8 Å². The summed E-state index contributed by atoms with van der Waals surface area (Å²) in [5.74, 6) is -0.451. The Morgan fingerprint density at radius 1 is 1.23 bits per heavy atom. The minimum Gasteiger partial charge on any atom is -0.369 e. The molecule has 6 nitrogen and oxygen atoms in total. The van der Waals surface area contributed by atoms with Crippen LogP contribution in [-0.2, 0) is 4.79 Å². The van der Waals surface area contributed by atoms with Crippen molar-refractivity contribution in [2.45, 2.75) is 0 Å². The molecule has 0 spiro atoms. The zero-order chi connectivity index (χ0) is 15.4. The predicted molar refractivity (Wildman–Crippen MR) is 86.8 cm³/mol. The van der Waals surface area contributed by atoms with E-state index in [4.69, 9.17) is 5.73 Å². The molecular weight excluding hydrogens is 278 g/mol. The van der Waals surface area contributed by atoms with Gasteiger partial charge >= 0.3 is 0 Å². The molecule has 0 saturated carbocycles. The molecule has 0 fully saturated rings. The van der Waals surface area contributed by atoms with E-state index in [9.17, 15) is 4.79 Å². The number of carbonyl (C=O) groups excluding carboxylic acids is 1. The maximum atomic E-state index is 11.5. The Labute approximate surface area is 127 Å². The second-order valence-corrected chi connectivity index (χ2v) is 4.87. The van der Waals surface area contributed by atoms with Crippen molar-refractivity contribution >= 4 is 23.8 Å². The van der Waals surface area contributed by atoms with Gasteiger partial charge in [-0.25, -0.2) is 4.99 Å². The average Bonchev–Trinajstić information content (AvgIpc) is 2.56. The fourth-order valence-electron chi connectivity index (χ4n) is 2.21. The van der Waals surface area contributed by atoms with Gasteiger partial charge in [0.2, 0.25) is 5.91 Å². The number of aromatic nitrogens is 1. The largest absolute Gasteiger partial charge is 0.369 e. The molecule has 0 radical (unpaired) electrons. The lowest BCUT2D eigenvalue weighted by Crippen LogP contribution is -2.38. The van der Waals surface area contributed by atoms with Gasteiger partial charge in [-0.2, -0.15) is 0 Å². The molecule has 6 heteroatoms. The van der Waals surface area contributed by atoms with Crippen LogP contribution in [0.1, 0.15) is 0 Å². The first-order valence-corrected chi connectivity index (χ1v) is 6.88. The van der Waals surface area contributed by atoms with Crippen LogP contribution in [0.2, 0.25) is 0 Å². The van der Waals surface area contributed by atoms with Crippen LogP contribution < -0.4 is 11.1 Å². The number of rotatable bonds is 3. The van der Waals surface area contributed by atoms with Crippen LogP contribution in [0.4, 0.5) is 5.69 Å². The number of anilines is 1. The molecule has 1 aliphatic heterocycles. The summed E-state index contributed by atoms with van der Waals surface area (Å²) in [6, 6.07) is 13.5. The minimum absolute atomic E-state index is 0.321. The van der Waals surface area contributed by atoms with Crippen molar-refractivity contribution in [1.29, 1.82) is 0 Å². The number of amidine groups is 1. The average molecular weight is 293 g/mol. The molecule has 1 aromatic carbocycles. The number of aliphatic imine (C=N–C) groups is 2. The van der Waals surface area contributed by atoms with Gasteiger partial charge in [0.25, 0.3) is 0 Å². The summed E-state index contributed by atoms with van der Waals surface area (Å²) in [5.41, 5.74) is 8.07. The molecule has 3 N–H and O–H groups in total. The van der Waals surface area contributed by atoms with Crippen LogP contribution in [-0.4, -0.2) is 29.6 Å². The lowest BCUT2D eigenvalue weighted by atomic mass is 10.1. The predicted octanol–water partition coefficient (Wildman–Crippen LogP) is 1.70. The van der Waals surface area contributed by atoms with Gasteiger partial charge in [-0.15, -0.1) is 0 Å². The number of primary amides is 1. The van der Waals surface area contributed by atoms with E-state index in [1.807, 2.05) is 42.5 Å². The third-order valence-electron chi connectivity index (χ3n) is 3.34. The fourth-order valence-corrected chi connectivity index (χ4v) is 2.21. The van der Waals surface area contributed by atoms with Crippen LogP contribution in [0.5, 0.6) is 0 Å². The number of nitrogens with zero attached hydrogens (tertiary/aromatic N) is 3. The Morgan fingerprint density at radius 3 is 2.91 bits per heavy atom. The first-order valence-electron chi connectivity index (χ1n) is 6.88. The summed E-state index contributed by atoms with van der Waals surface area (Å²) in [6.45, 7) is 0.321. The molecule has 1 amide bonds. The van der Waals surface area contributed by atoms with E-state index in [2.05, 4.69) is 20.3 Å². The van der Waals surface area contributed by atoms with E-state index in [0.29, 0.717) is 12.4 Å². The summed E-state index contributed by atoms with van der Waals surface area (Å²) in [6.07, 6.45) is 3.19. The number of pyridine rings is 1. The summed E-state index contributed by atoms with van der Waals surface area (Å²) < 4.78 is 0. The number of carbonyl (C=O) groups is 1. The number of amides is 1. The highest BCUT2D eigenvalue weighted by atomic mass is 16.1. The Bertz CT molecular complexity index is 739. The lowest BCUT2D eigenvalue weighted by Gasteiger charge is -2.18. The minimum atomic E-state index is -0.525. The van der Waals surface area contributed by atoms with Crippen LogP contribution >= 0.6 is 0 Å². The van der Waals surface area contributed by atoms with Gasteiger partial charge in [0, 0.05) is 17.4 Å². The van der Waals surface area contributed by atoms with E-state index >= 15 is 0 Å². The molecule has 1 unspecified atom stereocenters. The van der Waals surface area contributed by atoms with Crippen molar-refractivity contribution in [3.8, 4) is 11.3 Å². The molecular formula is C16H15N5O. The van der Waals surface area contributed by atoms with Crippen molar-refractivity contribution in [2.24, 2.45) is 21.6 Å². The Hall–Kier alpha value is -3.02. The van der Waals surface area contributed by atoms with Gasteiger partial charge in [0.15, 0.2) is 0 Å². The molecule has 0 bridgehead atoms. The van der Waals surface area contributed by atoms with Crippen molar-refractivity contribution in [1.82, 2.24) is 4.98 Å². The Kier molecular flexibility index (Phi) is 3.91. The van der Waals surface area contributed by atoms with Crippen LogP contribution in [0.15, 0.2) is 58.6 Å². The molecule has 0 aliphatic carbocycles. The molecule has 1 aromatic heterocycles. The molecule has 22 heavy (non-hydrogen) atoms. The van der Waals surface area contributed by atoms with E-state index in [0.717, 1.165) is 16.9 Å². The van der Waals surface area contributed by atoms with Crippen LogP contribution in [0, 0.1) is 5.92 Å². The lowest BCUT2D eigenvalue weighted by molar-refractivity contribution is -0.119. The zero-order valence-corrected chi connectivity index (χ0v) is 11.8. The Morgan fingerprint density at radius 2 is 2.14 bits per heavy atom. The van der Waals surface area contributed by atoms with Gasteiger partial charge in [0.1, 0.15) is 18.1 Å². The molecule has 1 atom stereocenters. The third kappa shape index (κ3) is 3.01. The van der Waals surface area contributed by atoms with Gasteiger partial charge in [-0.1, -0.05) is 18.2 Å². The molecule has 3 rings (SSSR count). The van der Waals surface area contributed by atoms with Crippen molar-refractivity contribution in [2.75, 3.05) is 11.9 Å². The second-order valence-electron chi connectivity index (χ2n) is 4.87. The maximum Gasteiger partial charge on any atom is 0.230 e. The Balaban J connectivity index is 1.85. The first-order chi connectivity index (χ1) is 10.7. The molecule has 2 aromatic rings. The third-order valence-corrected chi connectivity index (χ3v) is 3.34. The highest BCUT2D eigenvalue weighted by molar-refractivity contribution is 6.12. The number of hydrogen-bond acceptors (Lipinski definition) is 5. The summed E-state index contributed by atoms with van der Waals surface area (Å²) >= 11 is 0. The van der Waals surface area contributed by atoms with Crippen LogP contribution in [0.3, 0.4) is 0 Å². The standard InChI is InChI=1S/C16H15N5O/c17-15(22)13-9-18-10-20-16(13)21-12-5-3-4-11(8-12)14-6-1-2-7-19-14/h1-8,10,13H,9H2,(H2,17,22)(H,18,20,21). The van der Waals surface area contributed by atoms with Crippen molar-refractivity contribution in [3.05, 3.63) is 48.7 Å². The monoisotopic (exact) mass is 293 g/mol. The van der Waals surface area contributed by atoms with Gasteiger partial charge in [-0.05, 0) is 24.3 Å². The fraction of sp³-hybridized carbons (Fsp3) is 0.125. The SMILES string of the molecule is NC(=O)C1CN=CN=C1Nc1cccc(-c2ccccn2)c1. The van der Waals surface area contributed by atoms with Gasteiger partial charge in [0.05, 0.1) is 12.2 Å². The molecule has 110 valence electrons. The maximum absolute atomic E-state index is 11.5. The number of benzene rings is 1. The highest BCUT2D eigenvalue weighted by Crippen LogP contribution is 2.21. The normalized spacial score (nSPS) is 16.9. The van der Waals surface area contributed by atoms with Crippen molar-refractivity contribution in [3.63, 3.8) is 0 Å². The first kappa shape index (κ1) is 13.9. The quantitative estimate of drug-likeness (QED) is 0.902. The number of nitrogens with one attached hydrogen (secondary N) is 1. The zero-order valence-electron chi connectivity index (χ0n) is 11.8. The molecule has 2 heterocycles. The van der Waals surface area contributed by atoms with Gasteiger partial charge < -0.3 is 11.1 Å². The highest BCUT2D eigenvalue weighted by Gasteiger charge is 2.23. The summed E-state index contributed by atoms with van der Waals surface area (Å²) in [5, 5.41) is 3.15. The smallest absolute Gasteiger partial charge is 0.230 e. The van der Waals surface area contributed by atoms with Crippen molar-refractivity contribution < 1.29 is 4.79 Å². The number of nitrogens with two attached hydrogens (primary N) is 1. The topological polar surface area (TPSA) is 92.7 Å². The van der Waals surface area contributed by atoms with E-state index in [1.165, 1.54) is 6.34 Å². The molecule has 1 aliphatic rings. The van der Waals surface area contributed by atoms with E-state index in [-0.39, 0.29) is 0 Å². The number of hydrogen-bond donors (Lipinski definition) is 2. The summed E-state index contributed by atoms with van der Waals surface area (Å²) in [4.78, 5) is 23.9. The second kappa shape index (κ2) is 6.17.